The van der Waals surface area contributed by atoms with Gasteiger partial charge in [-0.05, 0) is 62.5 Å². The molecule has 1 unspecified atom stereocenters. The number of ether oxygens (including phenoxy) is 3. The molecule has 2 fully saturated rings. The maximum atomic E-state index is 6.00. The van der Waals surface area contributed by atoms with Crippen LogP contribution in [0.15, 0.2) is 48.7 Å². The molecule has 35 heavy (non-hydrogen) atoms. The Labute approximate surface area is 209 Å². The Balaban J connectivity index is 1.16. The summed E-state index contributed by atoms with van der Waals surface area (Å²) in [5, 5.41) is 0.776. The molecule has 2 aliphatic heterocycles. The lowest BCUT2D eigenvalue weighted by molar-refractivity contribution is 0.166. The van der Waals surface area contributed by atoms with E-state index in [1.165, 1.54) is 35.3 Å². The Morgan fingerprint density at radius 1 is 1.09 bits per heavy atom. The number of methoxy groups -OCH3 is 1. The zero-order chi connectivity index (χ0) is 23.7. The monoisotopic (exact) mass is 493 g/mol. The minimum absolute atomic E-state index is 0.0296. The van der Waals surface area contributed by atoms with Crippen LogP contribution < -0.4 is 19.7 Å². The quantitative estimate of drug-likeness (QED) is 0.393. The van der Waals surface area contributed by atoms with Crippen LogP contribution in [0.4, 0.5) is 5.13 Å². The molecule has 1 N–H and O–H groups in total. The molecule has 1 saturated carbocycles. The van der Waals surface area contributed by atoms with Crippen LogP contribution in [0.2, 0.25) is 0 Å². The van der Waals surface area contributed by atoms with E-state index in [4.69, 9.17) is 19.0 Å². The first-order valence-corrected chi connectivity index (χ1v) is 13.2. The summed E-state index contributed by atoms with van der Waals surface area (Å²) in [5.41, 5.74) is 5.58. The van der Waals surface area contributed by atoms with E-state index in [9.17, 15) is 0 Å². The number of anilines is 1. The minimum atomic E-state index is 0.0296. The fraction of sp³-hybridized carbons (Fsp3) is 0.444. The van der Waals surface area contributed by atoms with Gasteiger partial charge in [0.1, 0.15) is 5.75 Å². The summed E-state index contributed by atoms with van der Waals surface area (Å²) >= 11 is 1.65. The zero-order valence-electron chi connectivity index (χ0n) is 20.0. The molecule has 0 amide bonds. The number of rotatable bonds is 9. The summed E-state index contributed by atoms with van der Waals surface area (Å²) in [6, 6.07) is 14.7. The van der Waals surface area contributed by atoms with E-state index in [-0.39, 0.29) is 11.5 Å². The van der Waals surface area contributed by atoms with Crippen molar-refractivity contribution >= 4 is 16.5 Å². The summed E-state index contributed by atoms with van der Waals surface area (Å²) in [7, 11) is 1.74. The van der Waals surface area contributed by atoms with Crippen molar-refractivity contribution in [2.45, 2.75) is 43.6 Å². The molecule has 1 saturated heterocycles. The van der Waals surface area contributed by atoms with Crippen LogP contribution in [0, 0.1) is 0 Å². The van der Waals surface area contributed by atoms with Gasteiger partial charge in [0.25, 0.3) is 0 Å². The van der Waals surface area contributed by atoms with E-state index in [2.05, 4.69) is 39.6 Å². The third-order valence-corrected chi connectivity index (χ3v) is 8.28. The second kappa shape index (κ2) is 9.68. The van der Waals surface area contributed by atoms with Gasteiger partial charge in [0.15, 0.2) is 11.5 Å². The highest BCUT2D eigenvalue weighted by Gasteiger charge is 2.45. The summed E-state index contributed by atoms with van der Waals surface area (Å²) in [6.45, 7) is 3.04. The number of likely N-dealkylation sites (tertiary alicyclic amines) is 1. The molecule has 184 valence electrons. The number of fused-ring (bicyclic) bond motifs is 1. The number of benzene rings is 2. The topological polar surface area (TPSA) is 65.1 Å². The van der Waals surface area contributed by atoms with E-state index in [1.54, 1.807) is 18.4 Å². The van der Waals surface area contributed by atoms with Gasteiger partial charge in [-0.1, -0.05) is 42.0 Å². The molecule has 1 atom stereocenters. The van der Waals surface area contributed by atoms with Crippen LogP contribution in [-0.2, 0) is 10.3 Å². The number of hydrogen-bond donors (Lipinski definition) is 1. The number of hydrogen-bond acceptors (Lipinski definition) is 8. The van der Waals surface area contributed by atoms with Crippen LogP contribution in [0.3, 0.4) is 0 Å². The van der Waals surface area contributed by atoms with E-state index < -0.39 is 0 Å². The average Bonchev–Trinajstić information content (AvgIpc) is 3.30. The highest BCUT2D eigenvalue weighted by molar-refractivity contribution is 7.15. The molecule has 1 aliphatic carbocycles. The summed E-state index contributed by atoms with van der Waals surface area (Å²) in [4.78, 5) is 14.4. The Bertz CT molecular complexity index is 1170. The minimum Gasteiger partial charge on any atom is -0.496 e. The average molecular weight is 494 g/mol. The van der Waals surface area contributed by atoms with Crippen molar-refractivity contribution in [1.82, 2.24) is 9.88 Å². The standard InChI is InChI=1S/C27H31N3O4S/c1-31-21-8-4-3-7-20(21)25(30-13-5-2-6-14-30)24-16-28-26(35-24)29-34-17-27(11-12-27)19-9-10-22-23(15-19)33-18-32-22/h3-4,7-10,15-16,25H,2,5-6,11-14,17-18H2,1H3,(H,28,29). The van der Waals surface area contributed by atoms with Crippen molar-refractivity contribution < 1.29 is 19.0 Å². The van der Waals surface area contributed by atoms with Gasteiger partial charge >= 0.3 is 0 Å². The number of nitrogens with zero attached hydrogens (tertiary/aromatic N) is 2. The normalized spacial score (nSPS) is 19.3. The third kappa shape index (κ3) is 4.58. The predicted octanol–water partition coefficient (Wildman–Crippen LogP) is 5.53. The van der Waals surface area contributed by atoms with Crippen molar-refractivity contribution in [2.24, 2.45) is 0 Å². The van der Waals surface area contributed by atoms with Gasteiger partial charge in [0.05, 0.1) is 19.8 Å². The first-order valence-electron chi connectivity index (χ1n) is 12.4. The van der Waals surface area contributed by atoms with Crippen molar-refractivity contribution in [3.8, 4) is 17.2 Å². The van der Waals surface area contributed by atoms with Gasteiger partial charge < -0.3 is 14.2 Å². The molecule has 6 rings (SSSR count). The highest BCUT2D eigenvalue weighted by Crippen LogP contribution is 2.50. The molecule has 0 radical (unpaired) electrons. The molecular weight excluding hydrogens is 462 g/mol. The van der Waals surface area contributed by atoms with Crippen LogP contribution in [0.1, 0.15) is 54.1 Å². The van der Waals surface area contributed by atoms with E-state index in [0.717, 1.165) is 48.3 Å². The summed E-state index contributed by atoms with van der Waals surface area (Å²) < 4.78 is 16.7. The molecule has 8 heteroatoms. The first-order chi connectivity index (χ1) is 17.3. The first kappa shape index (κ1) is 22.6. The molecule has 3 aliphatic rings. The van der Waals surface area contributed by atoms with Crippen molar-refractivity contribution in [1.29, 1.82) is 0 Å². The second-order valence-corrected chi connectivity index (χ2v) is 10.6. The second-order valence-electron chi connectivity index (χ2n) is 9.55. The number of para-hydroxylation sites is 1. The lowest BCUT2D eigenvalue weighted by atomic mass is 9.97. The van der Waals surface area contributed by atoms with E-state index in [1.807, 2.05) is 24.4 Å². The van der Waals surface area contributed by atoms with Gasteiger partial charge in [-0.25, -0.2) is 10.5 Å². The Kier molecular flexibility index (Phi) is 6.26. The third-order valence-electron chi connectivity index (χ3n) is 7.33. The Morgan fingerprint density at radius 2 is 1.91 bits per heavy atom. The smallest absolute Gasteiger partial charge is 0.231 e. The lowest BCUT2D eigenvalue weighted by Gasteiger charge is -2.34. The van der Waals surface area contributed by atoms with Gasteiger partial charge in [-0.15, -0.1) is 0 Å². The maximum Gasteiger partial charge on any atom is 0.231 e. The highest BCUT2D eigenvalue weighted by atomic mass is 32.1. The van der Waals surface area contributed by atoms with Crippen molar-refractivity contribution in [3.63, 3.8) is 0 Å². The fourth-order valence-electron chi connectivity index (χ4n) is 5.19. The zero-order valence-corrected chi connectivity index (χ0v) is 20.8. The van der Waals surface area contributed by atoms with Gasteiger partial charge in [0.2, 0.25) is 11.9 Å². The van der Waals surface area contributed by atoms with Crippen LogP contribution in [0.5, 0.6) is 17.2 Å². The van der Waals surface area contributed by atoms with Crippen LogP contribution >= 0.6 is 11.3 Å². The van der Waals surface area contributed by atoms with E-state index in [0.29, 0.717) is 13.4 Å². The van der Waals surface area contributed by atoms with Gasteiger partial charge in [-0.2, -0.15) is 0 Å². The lowest BCUT2D eigenvalue weighted by Crippen LogP contribution is -2.34. The molecule has 0 bridgehead atoms. The molecular formula is C27H31N3O4S. The molecule has 2 aromatic carbocycles. The molecule has 0 spiro atoms. The predicted molar refractivity (Wildman–Crippen MR) is 135 cm³/mol. The van der Waals surface area contributed by atoms with Crippen LogP contribution in [0.25, 0.3) is 0 Å². The number of aromatic nitrogens is 1. The Morgan fingerprint density at radius 3 is 2.74 bits per heavy atom. The fourth-order valence-corrected chi connectivity index (χ4v) is 6.11. The SMILES string of the molecule is COc1ccccc1C(c1cnc(NOCC2(c3ccc4c(c3)OCO4)CC2)s1)N1CCCCC1. The van der Waals surface area contributed by atoms with Crippen LogP contribution in [-0.4, -0.2) is 43.5 Å². The van der Waals surface area contributed by atoms with Crippen molar-refractivity contribution in [3.05, 3.63) is 64.7 Å². The molecule has 3 heterocycles. The van der Waals surface area contributed by atoms with Crippen molar-refractivity contribution in [2.75, 3.05) is 39.1 Å². The largest absolute Gasteiger partial charge is 0.496 e. The summed E-state index contributed by atoms with van der Waals surface area (Å²) in [6.07, 6.45) is 7.92. The molecule has 3 aromatic rings. The molecule has 1 aromatic heterocycles. The van der Waals surface area contributed by atoms with E-state index >= 15 is 0 Å². The molecule has 7 nitrogen and oxygen atoms in total. The Hall–Kier alpha value is -2.81. The maximum absolute atomic E-state index is 6.00. The van der Waals surface area contributed by atoms with Gasteiger partial charge in [-0.3, -0.25) is 9.74 Å². The summed E-state index contributed by atoms with van der Waals surface area (Å²) in [5.74, 6) is 2.56. The number of nitrogens with one attached hydrogen (secondary N) is 1. The van der Waals surface area contributed by atoms with Gasteiger partial charge in [0, 0.05) is 22.1 Å². The number of thiazole rings is 1. The number of piperidine rings is 1.